The fraction of sp³-hybridized carbons (Fsp3) is 0.462. The molecule has 0 radical (unpaired) electrons. The van der Waals surface area contributed by atoms with E-state index in [4.69, 9.17) is 0 Å². The Morgan fingerprint density at radius 1 is 1.47 bits per heavy atom. The van der Waals surface area contributed by atoms with E-state index in [0.29, 0.717) is 12.1 Å². The molecule has 0 saturated carbocycles. The molecule has 1 aliphatic heterocycles. The normalized spacial score (nSPS) is 14.4. The van der Waals surface area contributed by atoms with Gasteiger partial charge in [-0.25, -0.2) is 4.39 Å². The van der Waals surface area contributed by atoms with Crippen LogP contribution in [0, 0.1) is 5.82 Å². The molecule has 4 heteroatoms. The van der Waals surface area contributed by atoms with Gasteiger partial charge in [0.2, 0.25) is 0 Å². The van der Waals surface area contributed by atoms with E-state index in [9.17, 15) is 9.18 Å². The van der Waals surface area contributed by atoms with Crippen LogP contribution in [-0.2, 0) is 0 Å². The van der Waals surface area contributed by atoms with Crippen molar-refractivity contribution in [1.29, 1.82) is 0 Å². The Morgan fingerprint density at radius 2 is 2.18 bits per heavy atom. The molecule has 3 nitrogen and oxygen atoms in total. The maximum Gasteiger partial charge on any atom is 0.255 e. The van der Waals surface area contributed by atoms with Crippen molar-refractivity contribution in [3.05, 3.63) is 29.6 Å². The third kappa shape index (κ3) is 2.25. The second kappa shape index (κ2) is 4.73. The summed E-state index contributed by atoms with van der Waals surface area (Å²) < 4.78 is 13.3. The first-order chi connectivity index (χ1) is 8.13. The van der Waals surface area contributed by atoms with Gasteiger partial charge < -0.3 is 9.80 Å². The average Bonchev–Trinajstić information content (AvgIpc) is 2.27. The fourth-order valence-corrected chi connectivity index (χ4v) is 1.86. The smallest absolute Gasteiger partial charge is 0.255 e. The topological polar surface area (TPSA) is 23.6 Å². The van der Waals surface area contributed by atoms with Crippen LogP contribution in [0.1, 0.15) is 23.7 Å². The molecule has 0 aliphatic carbocycles. The highest BCUT2D eigenvalue weighted by Gasteiger charge is 2.22. The zero-order valence-electron chi connectivity index (χ0n) is 10.2. The van der Waals surface area contributed by atoms with Crippen LogP contribution in [-0.4, -0.2) is 37.5 Å². The van der Waals surface area contributed by atoms with Crippen LogP contribution < -0.4 is 4.90 Å². The number of hydrogen-bond donors (Lipinski definition) is 0. The minimum atomic E-state index is -0.359. The average molecular weight is 236 g/mol. The van der Waals surface area contributed by atoms with E-state index in [-0.39, 0.29) is 11.7 Å². The number of halogens is 1. The van der Waals surface area contributed by atoms with E-state index in [1.807, 2.05) is 6.92 Å². The Labute approximate surface area is 101 Å². The molecule has 1 saturated heterocycles. The van der Waals surface area contributed by atoms with Crippen molar-refractivity contribution in [1.82, 2.24) is 4.90 Å². The van der Waals surface area contributed by atoms with E-state index in [1.54, 1.807) is 18.0 Å². The zero-order valence-corrected chi connectivity index (χ0v) is 10.2. The highest BCUT2D eigenvalue weighted by atomic mass is 19.1. The molecule has 0 spiro atoms. The standard InChI is InChI=1S/C13H17FN2O/c1-3-15(2)13(17)11-9-10(14)5-6-12(11)16-7-4-8-16/h5-6,9H,3-4,7-8H2,1-2H3. The predicted octanol–water partition coefficient (Wildman–Crippen LogP) is 2.13. The lowest BCUT2D eigenvalue weighted by Gasteiger charge is -2.35. The van der Waals surface area contributed by atoms with Gasteiger partial charge in [0.25, 0.3) is 5.91 Å². The van der Waals surface area contributed by atoms with Crippen molar-refractivity contribution in [3.63, 3.8) is 0 Å². The minimum absolute atomic E-state index is 0.117. The number of amides is 1. The molecule has 0 N–H and O–H groups in total. The lowest BCUT2D eigenvalue weighted by molar-refractivity contribution is 0.0802. The molecule has 1 heterocycles. The molecule has 2 rings (SSSR count). The summed E-state index contributed by atoms with van der Waals surface area (Å²) in [5.41, 5.74) is 1.32. The summed E-state index contributed by atoms with van der Waals surface area (Å²) in [5.74, 6) is -0.476. The van der Waals surface area contributed by atoms with Crippen LogP contribution in [0.2, 0.25) is 0 Å². The number of carbonyl (C=O) groups excluding carboxylic acids is 1. The summed E-state index contributed by atoms with van der Waals surface area (Å²) in [6.45, 7) is 4.42. The van der Waals surface area contributed by atoms with Gasteiger partial charge in [0.15, 0.2) is 0 Å². The number of benzene rings is 1. The first-order valence-electron chi connectivity index (χ1n) is 5.93. The van der Waals surface area contributed by atoms with Crippen LogP contribution in [0.15, 0.2) is 18.2 Å². The van der Waals surface area contributed by atoms with Crippen LogP contribution in [0.3, 0.4) is 0 Å². The molecular formula is C13H17FN2O. The molecule has 0 bridgehead atoms. The third-order valence-corrected chi connectivity index (χ3v) is 3.21. The molecule has 0 unspecified atom stereocenters. The Morgan fingerprint density at radius 3 is 2.71 bits per heavy atom. The summed E-state index contributed by atoms with van der Waals surface area (Å²) in [7, 11) is 1.73. The maximum absolute atomic E-state index is 13.3. The van der Waals surface area contributed by atoms with Crippen LogP contribution in [0.25, 0.3) is 0 Å². The summed E-state index contributed by atoms with van der Waals surface area (Å²) in [4.78, 5) is 15.8. The molecule has 0 aromatic heterocycles. The van der Waals surface area contributed by atoms with Crippen molar-refractivity contribution in [3.8, 4) is 0 Å². The Kier molecular flexibility index (Phi) is 3.31. The minimum Gasteiger partial charge on any atom is -0.371 e. The lowest BCUT2D eigenvalue weighted by atomic mass is 10.1. The van der Waals surface area contributed by atoms with Gasteiger partial charge in [-0.2, -0.15) is 0 Å². The molecular weight excluding hydrogens is 219 g/mol. The number of nitrogens with zero attached hydrogens (tertiary/aromatic N) is 2. The first kappa shape index (κ1) is 11.9. The Bertz CT molecular complexity index is 429. The van der Waals surface area contributed by atoms with Gasteiger partial charge >= 0.3 is 0 Å². The molecule has 1 aromatic rings. The van der Waals surface area contributed by atoms with Crippen LogP contribution >= 0.6 is 0 Å². The van der Waals surface area contributed by atoms with Gasteiger partial charge in [-0.1, -0.05) is 0 Å². The van der Waals surface area contributed by atoms with Crippen molar-refractivity contribution < 1.29 is 9.18 Å². The highest BCUT2D eigenvalue weighted by Crippen LogP contribution is 2.26. The second-order valence-corrected chi connectivity index (χ2v) is 4.32. The number of carbonyl (C=O) groups is 1. The second-order valence-electron chi connectivity index (χ2n) is 4.32. The van der Waals surface area contributed by atoms with Gasteiger partial charge in [0, 0.05) is 32.4 Å². The van der Waals surface area contributed by atoms with Crippen molar-refractivity contribution >= 4 is 11.6 Å². The largest absolute Gasteiger partial charge is 0.371 e. The number of hydrogen-bond acceptors (Lipinski definition) is 2. The van der Waals surface area contributed by atoms with Crippen LogP contribution in [0.5, 0.6) is 0 Å². The SMILES string of the molecule is CCN(C)C(=O)c1cc(F)ccc1N1CCC1. The van der Waals surface area contributed by atoms with Crippen molar-refractivity contribution in [2.24, 2.45) is 0 Å². The predicted molar refractivity (Wildman–Crippen MR) is 65.9 cm³/mol. The monoisotopic (exact) mass is 236 g/mol. The Balaban J connectivity index is 2.35. The van der Waals surface area contributed by atoms with Crippen molar-refractivity contribution in [2.45, 2.75) is 13.3 Å². The van der Waals surface area contributed by atoms with Crippen LogP contribution in [0.4, 0.5) is 10.1 Å². The maximum atomic E-state index is 13.3. The van der Waals surface area contributed by atoms with Gasteiger partial charge in [-0.3, -0.25) is 4.79 Å². The summed E-state index contributed by atoms with van der Waals surface area (Å²) in [6, 6.07) is 4.45. The summed E-state index contributed by atoms with van der Waals surface area (Å²) in [6.07, 6.45) is 1.13. The first-order valence-corrected chi connectivity index (χ1v) is 5.93. The molecule has 0 atom stereocenters. The van der Waals surface area contributed by atoms with E-state index in [1.165, 1.54) is 12.1 Å². The van der Waals surface area contributed by atoms with Gasteiger partial charge in [-0.15, -0.1) is 0 Å². The Hall–Kier alpha value is -1.58. The molecule has 1 aliphatic rings. The molecule has 1 fully saturated rings. The quantitative estimate of drug-likeness (QED) is 0.802. The number of anilines is 1. The fourth-order valence-electron chi connectivity index (χ4n) is 1.86. The van der Waals surface area contributed by atoms with Gasteiger partial charge in [0.1, 0.15) is 5.82 Å². The molecule has 92 valence electrons. The van der Waals surface area contributed by atoms with E-state index >= 15 is 0 Å². The highest BCUT2D eigenvalue weighted by molar-refractivity contribution is 5.99. The van der Waals surface area contributed by atoms with Gasteiger partial charge in [0.05, 0.1) is 5.56 Å². The third-order valence-electron chi connectivity index (χ3n) is 3.21. The molecule has 1 amide bonds. The summed E-state index contributed by atoms with van der Waals surface area (Å²) >= 11 is 0. The number of rotatable bonds is 3. The van der Waals surface area contributed by atoms with Gasteiger partial charge in [-0.05, 0) is 31.5 Å². The molecule has 1 aromatic carbocycles. The summed E-state index contributed by atoms with van der Waals surface area (Å²) in [5, 5.41) is 0. The van der Waals surface area contributed by atoms with Crippen molar-refractivity contribution in [2.75, 3.05) is 31.6 Å². The zero-order chi connectivity index (χ0) is 12.4. The lowest BCUT2D eigenvalue weighted by Crippen LogP contribution is -2.39. The van der Waals surface area contributed by atoms with E-state index < -0.39 is 0 Å². The molecule has 17 heavy (non-hydrogen) atoms. The van der Waals surface area contributed by atoms with E-state index in [0.717, 1.165) is 25.2 Å². The van der Waals surface area contributed by atoms with E-state index in [2.05, 4.69) is 4.90 Å².